The Balaban J connectivity index is 1.95. The molecule has 1 fully saturated rings. The summed E-state index contributed by atoms with van der Waals surface area (Å²) >= 11 is 0. The minimum absolute atomic E-state index is 0.00678. The Morgan fingerprint density at radius 1 is 1.09 bits per heavy atom. The highest BCUT2D eigenvalue weighted by Crippen LogP contribution is 2.30. The van der Waals surface area contributed by atoms with Gasteiger partial charge < -0.3 is 14.6 Å². The minimum atomic E-state index is -1.15. The van der Waals surface area contributed by atoms with E-state index in [1.165, 1.54) is 30.3 Å². The SMILES string of the molecule is C=CCOc1ccc(/C=C2\C(=O)NC(=O)N(c3ccc(C(=O)O)cc3)C2=O)cc1OCC. The van der Waals surface area contributed by atoms with E-state index in [-0.39, 0.29) is 23.4 Å². The lowest BCUT2D eigenvalue weighted by Gasteiger charge is -2.26. The second-order valence-corrected chi connectivity index (χ2v) is 6.55. The lowest BCUT2D eigenvalue weighted by Crippen LogP contribution is -2.54. The van der Waals surface area contributed by atoms with Crippen LogP contribution in [0.15, 0.2) is 60.7 Å². The number of carboxylic acid groups (broad SMARTS) is 1. The van der Waals surface area contributed by atoms with Gasteiger partial charge in [0.2, 0.25) is 0 Å². The second kappa shape index (κ2) is 9.61. The van der Waals surface area contributed by atoms with E-state index < -0.39 is 23.8 Å². The van der Waals surface area contributed by atoms with Crippen molar-refractivity contribution in [3.05, 3.63) is 71.8 Å². The van der Waals surface area contributed by atoms with Gasteiger partial charge in [-0.05, 0) is 55.0 Å². The van der Waals surface area contributed by atoms with Gasteiger partial charge in [-0.1, -0.05) is 18.7 Å². The first-order valence-corrected chi connectivity index (χ1v) is 9.61. The maximum absolute atomic E-state index is 13.0. The fourth-order valence-corrected chi connectivity index (χ4v) is 2.96. The van der Waals surface area contributed by atoms with Crippen LogP contribution in [0.3, 0.4) is 0 Å². The highest BCUT2D eigenvalue weighted by atomic mass is 16.5. The molecule has 1 saturated heterocycles. The first-order chi connectivity index (χ1) is 15.3. The number of carbonyl (C=O) groups is 4. The highest BCUT2D eigenvalue weighted by Gasteiger charge is 2.36. The maximum atomic E-state index is 13.0. The zero-order chi connectivity index (χ0) is 23.3. The van der Waals surface area contributed by atoms with Crippen molar-refractivity contribution in [3.8, 4) is 11.5 Å². The predicted octanol–water partition coefficient (Wildman–Crippen LogP) is 3.01. The molecule has 9 nitrogen and oxygen atoms in total. The van der Waals surface area contributed by atoms with Crippen LogP contribution in [-0.4, -0.2) is 42.1 Å². The molecule has 0 unspecified atom stereocenters. The number of hydrogen-bond donors (Lipinski definition) is 2. The summed E-state index contributed by atoms with van der Waals surface area (Å²) in [7, 11) is 0. The van der Waals surface area contributed by atoms with E-state index in [2.05, 4.69) is 11.9 Å². The van der Waals surface area contributed by atoms with Crippen molar-refractivity contribution in [1.82, 2.24) is 5.32 Å². The zero-order valence-electron chi connectivity index (χ0n) is 17.2. The van der Waals surface area contributed by atoms with Gasteiger partial charge in [0.1, 0.15) is 12.2 Å². The van der Waals surface area contributed by atoms with E-state index in [0.29, 0.717) is 23.7 Å². The molecule has 2 aromatic rings. The van der Waals surface area contributed by atoms with Crippen molar-refractivity contribution < 1.29 is 33.8 Å². The molecular weight excluding hydrogens is 416 g/mol. The molecule has 1 heterocycles. The third kappa shape index (κ3) is 4.67. The Hall–Kier alpha value is -4.40. The molecule has 1 aliphatic rings. The number of nitrogens with one attached hydrogen (secondary N) is 1. The fourth-order valence-electron chi connectivity index (χ4n) is 2.96. The number of ether oxygens (including phenoxy) is 2. The van der Waals surface area contributed by atoms with Crippen molar-refractivity contribution in [3.63, 3.8) is 0 Å². The van der Waals surface area contributed by atoms with Crippen LogP contribution >= 0.6 is 0 Å². The Kier molecular flexibility index (Phi) is 6.69. The zero-order valence-corrected chi connectivity index (χ0v) is 17.2. The predicted molar refractivity (Wildman–Crippen MR) is 116 cm³/mol. The molecule has 1 aliphatic heterocycles. The largest absolute Gasteiger partial charge is 0.490 e. The number of barbiturate groups is 1. The highest BCUT2D eigenvalue weighted by molar-refractivity contribution is 6.39. The summed E-state index contributed by atoms with van der Waals surface area (Å²) in [4.78, 5) is 49.5. The summed E-state index contributed by atoms with van der Waals surface area (Å²) in [6, 6.07) is 9.10. The van der Waals surface area contributed by atoms with Gasteiger partial charge in [-0.3, -0.25) is 14.9 Å². The fraction of sp³-hybridized carbons (Fsp3) is 0.130. The van der Waals surface area contributed by atoms with Crippen LogP contribution in [0.1, 0.15) is 22.8 Å². The number of nitrogens with zero attached hydrogens (tertiary/aromatic N) is 1. The van der Waals surface area contributed by atoms with Gasteiger partial charge in [0, 0.05) is 0 Å². The van der Waals surface area contributed by atoms with E-state index in [4.69, 9.17) is 14.6 Å². The molecule has 0 atom stereocenters. The van der Waals surface area contributed by atoms with E-state index in [9.17, 15) is 19.2 Å². The topological polar surface area (TPSA) is 122 Å². The molecular formula is C23H20N2O7. The number of urea groups is 1. The number of rotatable bonds is 8. The Bertz CT molecular complexity index is 1120. The van der Waals surface area contributed by atoms with Gasteiger partial charge in [-0.15, -0.1) is 0 Å². The molecule has 164 valence electrons. The molecule has 0 radical (unpaired) electrons. The molecule has 0 aromatic heterocycles. The van der Waals surface area contributed by atoms with E-state index >= 15 is 0 Å². The van der Waals surface area contributed by atoms with Gasteiger partial charge in [-0.25, -0.2) is 14.5 Å². The average Bonchev–Trinajstić information content (AvgIpc) is 2.76. The number of carboxylic acids is 1. The van der Waals surface area contributed by atoms with Crippen molar-refractivity contribution in [2.24, 2.45) is 0 Å². The van der Waals surface area contributed by atoms with Gasteiger partial charge in [0.05, 0.1) is 17.9 Å². The third-order valence-electron chi connectivity index (χ3n) is 4.41. The quantitative estimate of drug-likeness (QED) is 0.370. The van der Waals surface area contributed by atoms with Crippen LogP contribution in [0.2, 0.25) is 0 Å². The van der Waals surface area contributed by atoms with Crippen molar-refractivity contribution in [1.29, 1.82) is 0 Å². The Morgan fingerprint density at radius 2 is 1.81 bits per heavy atom. The lowest BCUT2D eigenvalue weighted by atomic mass is 10.1. The molecule has 0 spiro atoms. The number of carbonyl (C=O) groups excluding carboxylic acids is 3. The normalized spacial score (nSPS) is 14.8. The molecule has 2 N–H and O–H groups in total. The number of anilines is 1. The standard InChI is InChI=1S/C23H20N2O7/c1-3-11-32-18-10-5-14(13-19(18)31-4-2)12-17-20(26)24-23(30)25(21(17)27)16-8-6-15(7-9-16)22(28)29/h3,5-10,12-13H,1,4,11H2,2H3,(H,28,29)(H,24,26,30)/b17-12+. The van der Waals surface area contributed by atoms with Crippen LogP contribution in [0.25, 0.3) is 6.08 Å². The summed E-state index contributed by atoms with van der Waals surface area (Å²) in [5.74, 6) is -1.93. The first kappa shape index (κ1) is 22.3. The maximum Gasteiger partial charge on any atom is 0.335 e. The number of benzene rings is 2. The number of imide groups is 2. The first-order valence-electron chi connectivity index (χ1n) is 9.61. The van der Waals surface area contributed by atoms with Crippen LogP contribution in [0, 0.1) is 0 Å². The Labute approximate surface area is 183 Å². The summed E-state index contributed by atoms with van der Waals surface area (Å²) < 4.78 is 11.1. The van der Waals surface area contributed by atoms with Crippen LogP contribution < -0.4 is 19.7 Å². The molecule has 3 rings (SSSR count). The Morgan fingerprint density at radius 3 is 2.44 bits per heavy atom. The second-order valence-electron chi connectivity index (χ2n) is 6.55. The van der Waals surface area contributed by atoms with Crippen molar-refractivity contribution >= 4 is 35.6 Å². The molecule has 9 heteroatoms. The van der Waals surface area contributed by atoms with Crippen LogP contribution in [-0.2, 0) is 9.59 Å². The van der Waals surface area contributed by atoms with Gasteiger partial charge in [0.25, 0.3) is 11.8 Å². The number of aromatic carboxylic acids is 1. The van der Waals surface area contributed by atoms with Gasteiger partial charge in [0.15, 0.2) is 11.5 Å². The summed E-state index contributed by atoms with van der Waals surface area (Å²) in [5, 5.41) is 11.1. The lowest BCUT2D eigenvalue weighted by molar-refractivity contribution is -0.122. The smallest absolute Gasteiger partial charge is 0.335 e. The van der Waals surface area contributed by atoms with E-state index in [0.717, 1.165) is 4.90 Å². The third-order valence-corrected chi connectivity index (χ3v) is 4.41. The summed E-state index contributed by atoms with van der Waals surface area (Å²) in [6.45, 7) is 6.05. The molecule has 0 bridgehead atoms. The molecule has 32 heavy (non-hydrogen) atoms. The molecule has 4 amide bonds. The molecule has 2 aromatic carbocycles. The van der Waals surface area contributed by atoms with Crippen LogP contribution in [0.5, 0.6) is 11.5 Å². The van der Waals surface area contributed by atoms with E-state index in [1.807, 2.05) is 0 Å². The molecule has 0 saturated carbocycles. The monoisotopic (exact) mass is 436 g/mol. The van der Waals surface area contributed by atoms with Crippen molar-refractivity contribution in [2.75, 3.05) is 18.1 Å². The van der Waals surface area contributed by atoms with Crippen LogP contribution in [0.4, 0.5) is 10.5 Å². The average molecular weight is 436 g/mol. The summed E-state index contributed by atoms with van der Waals surface area (Å²) in [6.07, 6.45) is 2.92. The van der Waals surface area contributed by atoms with Gasteiger partial charge in [-0.2, -0.15) is 0 Å². The number of hydrogen-bond acceptors (Lipinski definition) is 6. The molecule has 0 aliphatic carbocycles. The van der Waals surface area contributed by atoms with Crippen molar-refractivity contribution in [2.45, 2.75) is 6.92 Å². The van der Waals surface area contributed by atoms with Gasteiger partial charge >= 0.3 is 12.0 Å². The number of amides is 4. The minimum Gasteiger partial charge on any atom is -0.490 e. The summed E-state index contributed by atoms with van der Waals surface area (Å²) in [5.41, 5.74) is 0.328. The van der Waals surface area contributed by atoms with E-state index in [1.54, 1.807) is 31.2 Å².